The first-order valence-electron chi connectivity index (χ1n) is 9.60. The standard InChI is InChI=1S/C20H32N5P.C2H6/c1-8-15(25(7)22-4)13-23-19-12-16(26)11-17(14(2)3)20(19)18(21)9-10-24(5)6;1-2/h8,11-13,15,21-22H,1-2,9-10,26H2,3-7H3;1-2H3. The van der Waals surface area contributed by atoms with Crippen molar-refractivity contribution in [1.29, 1.82) is 5.41 Å². The number of nitrogens with zero attached hydrogens (tertiary/aromatic N) is 3. The Morgan fingerprint density at radius 1 is 1.32 bits per heavy atom. The van der Waals surface area contributed by atoms with E-state index >= 15 is 0 Å². The zero-order valence-corrected chi connectivity index (χ0v) is 19.8. The van der Waals surface area contributed by atoms with Crippen LogP contribution in [0, 0.1) is 5.41 Å². The van der Waals surface area contributed by atoms with E-state index in [4.69, 9.17) is 10.4 Å². The number of hydrogen-bond acceptors (Lipinski definition) is 5. The highest BCUT2D eigenvalue weighted by Crippen LogP contribution is 2.28. The van der Waals surface area contributed by atoms with Gasteiger partial charge in [-0.15, -0.1) is 15.8 Å². The predicted molar refractivity (Wildman–Crippen MR) is 131 cm³/mol. The maximum atomic E-state index is 8.63. The van der Waals surface area contributed by atoms with Gasteiger partial charge in [0.25, 0.3) is 0 Å². The molecule has 0 aliphatic rings. The minimum absolute atomic E-state index is 0.0507. The van der Waals surface area contributed by atoms with Crippen molar-refractivity contribution in [3.05, 3.63) is 42.5 Å². The van der Waals surface area contributed by atoms with Crippen LogP contribution in [0.15, 0.2) is 36.4 Å². The summed E-state index contributed by atoms with van der Waals surface area (Å²) >= 11 is 0. The van der Waals surface area contributed by atoms with E-state index in [9.17, 15) is 0 Å². The van der Waals surface area contributed by atoms with Gasteiger partial charge in [-0.1, -0.05) is 32.1 Å². The maximum Gasteiger partial charge on any atom is 0.0770 e. The summed E-state index contributed by atoms with van der Waals surface area (Å²) in [5.74, 6) is 0. The van der Waals surface area contributed by atoms with Gasteiger partial charge in [-0.3, -0.25) is 10.4 Å². The van der Waals surface area contributed by atoms with E-state index in [-0.39, 0.29) is 6.04 Å². The van der Waals surface area contributed by atoms with Crippen LogP contribution >= 0.6 is 9.24 Å². The quantitative estimate of drug-likeness (QED) is 0.270. The normalized spacial score (nSPS) is 12.1. The van der Waals surface area contributed by atoms with Crippen LogP contribution in [-0.2, 0) is 0 Å². The Kier molecular flexibility index (Phi) is 12.7. The van der Waals surface area contributed by atoms with Crippen LogP contribution in [0.2, 0.25) is 0 Å². The smallest absolute Gasteiger partial charge is 0.0770 e. The van der Waals surface area contributed by atoms with Crippen molar-refractivity contribution in [3.8, 4) is 0 Å². The van der Waals surface area contributed by atoms with Gasteiger partial charge in [-0.25, -0.2) is 5.01 Å². The first-order valence-corrected chi connectivity index (χ1v) is 10.2. The fourth-order valence-electron chi connectivity index (χ4n) is 2.49. The molecule has 2 N–H and O–H groups in total. The summed E-state index contributed by atoms with van der Waals surface area (Å²) in [4.78, 5) is 6.79. The van der Waals surface area contributed by atoms with E-state index in [0.717, 1.165) is 34.2 Å². The predicted octanol–water partition coefficient (Wildman–Crippen LogP) is 3.89. The summed E-state index contributed by atoms with van der Waals surface area (Å²) in [5, 5.41) is 11.6. The molecule has 1 aromatic carbocycles. The van der Waals surface area contributed by atoms with Gasteiger partial charge in [0.1, 0.15) is 0 Å². The number of hydrogen-bond donors (Lipinski definition) is 2. The Bertz CT molecular complexity index is 694. The van der Waals surface area contributed by atoms with Gasteiger partial charge >= 0.3 is 0 Å². The van der Waals surface area contributed by atoms with Crippen molar-refractivity contribution in [2.75, 3.05) is 34.7 Å². The maximum absolute atomic E-state index is 8.63. The third-order valence-electron chi connectivity index (χ3n) is 4.12. The third-order valence-corrected chi connectivity index (χ3v) is 4.45. The molecule has 0 aromatic heterocycles. The Hall–Kier alpha value is -1.65. The highest BCUT2D eigenvalue weighted by atomic mass is 31.0. The minimum Gasteiger partial charge on any atom is -0.309 e. The molecule has 5 nitrogen and oxygen atoms in total. The van der Waals surface area contributed by atoms with Crippen LogP contribution < -0.4 is 10.7 Å². The van der Waals surface area contributed by atoms with Crippen molar-refractivity contribution >= 4 is 37.7 Å². The van der Waals surface area contributed by atoms with E-state index in [2.05, 4.69) is 38.8 Å². The molecule has 0 fully saturated rings. The molecule has 2 unspecified atom stereocenters. The summed E-state index contributed by atoms with van der Waals surface area (Å²) in [6, 6.07) is 3.99. The van der Waals surface area contributed by atoms with Crippen molar-refractivity contribution in [1.82, 2.24) is 15.3 Å². The van der Waals surface area contributed by atoms with Gasteiger partial charge in [-0.05, 0) is 51.1 Å². The summed E-state index contributed by atoms with van der Waals surface area (Å²) in [7, 11) is 10.5. The van der Waals surface area contributed by atoms with E-state index < -0.39 is 0 Å². The summed E-state index contributed by atoms with van der Waals surface area (Å²) in [6.07, 6.45) is 4.32. The minimum atomic E-state index is -0.0507. The van der Waals surface area contributed by atoms with Crippen LogP contribution in [0.1, 0.15) is 38.3 Å². The molecule has 0 aliphatic heterocycles. The van der Waals surface area contributed by atoms with E-state index in [1.54, 1.807) is 0 Å². The second-order valence-electron chi connectivity index (χ2n) is 6.61. The monoisotopic (exact) mass is 403 g/mol. The molecule has 6 heteroatoms. The lowest BCUT2D eigenvalue weighted by atomic mass is 9.95. The summed E-state index contributed by atoms with van der Waals surface area (Å²) in [5.41, 5.74) is 7.20. The summed E-state index contributed by atoms with van der Waals surface area (Å²) in [6.45, 7) is 14.8. The lowest BCUT2D eigenvalue weighted by Gasteiger charge is -2.21. The van der Waals surface area contributed by atoms with Gasteiger partial charge in [0.05, 0.1) is 11.7 Å². The molecule has 0 amide bonds. The number of rotatable bonds is 10. The highest BCUT2D eigenvalue weighted by Gasteiger charge is 2.16. The molecular weight excluding hydrogens is 365 g/mol. The van der Waals surface area contributed by atoms with Gasteiger partial charge in [0, 0.05) is 37.5 Å². The molecule has 156 valence electrons. The molecule has 0 heterocycles. The molecule has 0 bridgehead atoms. The lowest BCUT2D eigenvalue weighted by molar-refractivity contribution is 0.259. The van der Waals surface area contributed by atoms with Gasteiger partial charge < -0.3 is 10.3 Å². The molecule has 28 heavy (non-hydrogen) atoms. The molecule has 0 saturated carbocycles. The Morgan fingerprint density at radius 2 is 1.93 bits per heavy atom. The van der Waals surface area contributed by atoms with Gasteiger partial charge in [-0.2, -0.15) is 0 Å². The molecule has 0 spiro atoms. The van der Waals surface area contributed by atoms with Crippen molar-refractivity contribution < 1.29 is 0 Å². The van der Waals surface area contributed by atoms with Crippen molar-refractivity contribution in [3.63, 3.8) is 0 Å². The Labute approximate surface area is 174 Å². The molecule has 1 rings (SSSR count). The lowest BCUT2D eigenvalue weighted by Crippen LogP contribution is -2.40. The topological polar surface area (TPSA) is 54.7 Å². The zero-order chi connectivity index (χ0) is 21.9. The number of allylic oxidation sites excluding steroid dienone is 1. The molecule has 2 atom stereocenters. The zero-order valence-electron chi connectivity index (χ0n) is 18.6. The average Bonchev–Trinajstić information content (AvgIpc) is 2.67. The fourth-order valence-corrected chi connectivity index (χ4v) is 2.81. The molecule has 0 radical (unpaired) electrons. The molecule has 0 saturated heterocycles. The van der Waals surface area contributed by atoms with E-state index in [1.165, 1.54) is 0 Å². The number of benzene rings is 1. The van der Waals surface area contributed by atoms with Crippen LogP contribution in [0.25, 0.3) is 5.57 Å². The van der Waals surface area contributed by atoms with Crippen LogP contribution in [-0.4, -0.2) is 62.6 Å². The first kappa shape index (κ1) is 26.4. The Morgan fingerprint density at radius 3 is 2.39 bits per heavy atom. The molecular formula is C22H38N5P. The van der Waals surface area contributed by atoms with Gasteiger partial charge in [0.2, 0.25) is 0 Å². The molecule has 1 aromatic rings. The number of likely N-dealkylation sites (N-methyl/N-ethyl adjacent to an activating group) is 1. The van der Waals surface area contributed by atoms with Crippen LogP contribution in [0.5, 0.6) is 0 Å². The van der Waals surface area contributed by atoms with E-state index in [0.29, 0.717) is 12.1 Å². The fraction of sp³-hybridized carbons (Fsp3) is 0.455. The van der Waals surface area contributed by atoms with Crippen LogP contribution in [0.3, 0.4) is 0 Å². The molecule has 0 aliphatic carbocycles. The third kappa shape index (κ3) is 8.15. The Balaban J connectivity index is 0.00000352. The van der Waals surface area contributed by atoms with Crippen molar-refractivity contribution in [2.24, 2.45) is 4.99 Å². The number of aliphatic imine (C=N–C) groups is 1. The number of hydrazine groups is 1. The first-order chi connectivity index (χ1) is 13.2. The van der Waals surface area contributed by atoms with Crippen molar-refractivity contribution in [2.45, 2.75) is 33.2 Å². The largest absolute Gasteiger partial charge is 0.309 e. The SMILES string of the molecule is C=CC(C=Nc1cc(P)cc(C(=C)C)c1C(=N)CCN(C)C)N(C)NC.CC. The van der Waals surface area contributed by atoms with Gasteiger partial charge in [0.15, 0.2) is 0 Å². The average molecular weight is 404 g/mol. The highest BCUT2D eigenvalue weighted by molar-refractivity contribution is 7.27. The number of nitrogens with one attached hydrogen (secondary N) is 2. The second kappa shape index (κ2) is 13.5. The van der Waals surface area contributed by atoms with Crippen LogP contribution in [0.4, 0.5) is 5.69 Å². The summed E-state index contributed by atoms with van der Waals surface area (Å²) < 4.78 is 0. The van der Waals surface area contributed by atoms with E-state index in [1.807, 2.05) is 72.3 Å². The second-order valence-corrected chi connectivity index (χ2v) is 7.28.